The van der Waals surface area contributed by atoms with Crippen molar-refractivity contribution in [3.05, 3.63) is 33.0 Å². The van der Waals surface area contributed by atoms with Crippen LogP contribution in [0.25, 0.3) is 0 Å². The molecule has 0 aliphatic rings. The minimum atomic E-state index is -0.223. The molecule has 0 radical (unpaired) electrons. The summed E-state index contributed by atoms with van der Waals surface area (Å²) in [7, 11) is 0. The lowest BCUT2D eigenvalue weighted by atomic mass is 10.1. The van der Waals surface area contributed by atoms with Crippen LogP contribution in [0.5, 0.6) is 0 Å². The summed E-state index contributed by atoms with van der Waals surface area (Å²) in [5, 5.41) is 8.51. The van der Waals surface area contributed by atoms with Crippen LogP contribution in [-0.4, -0.2) is 5.21 Å². The first-order chi connectivity index (χ1) is 6.07. The molecule has 0 spiro atoms. The van der Waals surface area contributed by atoms with Crippen molar-refractivity contribution < 1.29 is 9.60 Å². The van der Waals surface area contributed by atoms with Gasteiger partial charge in [-0.3, -0.25) is 0 Å². The Kier molecular flexibility index (Phi) is 3.41. The van der Waals surface area contributed by atoms with Crippen LogP contribution in [0.15, 0.2) is 10.5 Å². The highest BCUT2D eigenvalue weighted by molar-refractivity contribution is 9.10. The van der Waals surface area contributed by atoms with Crippen LogP contribution in [0, 0.1) is 19.7 Å². The molecule has 2 nitrogen and oxygen atoms in total. The van der Waals surface area contributed by atoms with E-state index < -0.39 is 0 Å². The van der Waals surface area contributed by atoms with Gasteiger partial charge in [0, 0.05) is 11.0 Å². The zero-order chi connectivity index (χ0) is 10.0. The Hall–Kier alpha value is -0.450. The number of nitrogens with one attached hydrogen (secondary N) is 1. The van der Waals surface area contributed by atoms with Gasteiger partial charge < -0.3 is 5.21 Å². The minimum absolute atomic E-state index is 0.223. The van der Waals surface area contributed by atoms with E-state index in [-0.39, 0.29) is 12.4 Å². The van der Waals surface area contributed by atoms with Crippen molar-refractivity contribution in [3.63, 3.8) is 0 Å². The molecule has 1 aromatic rings. The van der Waals surface area contributed by atoms with Crippen LogP contribution in [0.4, 0.5) is 4.39 Å². The molecule has 0 saturated carbocycles. The van der Waals surface area contributed by atoms with E-state index in [1.54, 1.807) is 19.9 Å². The molecule has 0 aromatic heterocycles. The summed E-state index contributed by atoms with van der Waals surface area (Å²) in [6.45, 7) is 3.66. The van der Waals surface area contributed by atoms with Crippen molar-refractivity contribution in [1.29, 1.82) is 0 Å². The van der Waals surface area contributed by atoms with Gasteiger partial charge in [0.2, 0.25) is 0 Å². The molecule has 0 bridgehead atoms. The van der Waals surface area contributed by atoms with Crippen molar-refractivity contribution in [2.75, 3.05) is 0 Å². The van der Waals surface area contributed by atoms with Crippen LogP contribution >= 0.6 is 15.9 Å². The summed E-state index contributed by atoms with van der Waals surface area (Å²) in [6, 6.07) is 1.80. The third-order valence-corrected chi connectivity index (χ3v) is 2.89. The molecule has 0 heterocycles. The lowest BCUT2D eigenvalue weighted by Gasteiger charge is -2.09. The van der Waals surface area contributed by atoms with Gasteiger partial charge in [-0.2, -0.15) is 0 Å². The molecule has 0 amide bonds. The zero-order valence-corrected chi connectivity index (χ0v) is 9.07. The standard InChI is InChI=1S/C9H11BrFNO/c1-5-7(4-12-13)3-8(10)6(2)9(5)11/h3,12-13H,4H2,1-2H3. The number of benzene rings is 1. The molecule has 0 unspecified atom stereocenters. The molecule has 72 valence electrons. The maximum absolute atomic E-state index is 13.4. The molecular weight excluding hydrogens is 237 g/mol. The summed E-state index contributed by atoms with van der Waals surface area (Å²) < 4.78 is 14.2. The fraction of sp³-hybridized carbons (Fsp3) is 0.333. The van der Waals surface area contributed by atoms with Crippen molar-refractivity contribution >= 4 is 15.9 Å². The molecule has 13 heavy (non-hydrogen) atoms. The fourth-order valence-corrected chi connectivity index (χ4v) is 1.62. The van der Waals surface area contributed by atoms with E-state index in [0.717, 1.165) is 10.0 Å². The van der Waals surface area contributed by atoms with Gasteiger partial charge in [0.05, 0.1) is 0 Å². The Morgan fingerprint density at radius 3 is 2.62 bits per heavy atom. The first-order valence-corrected chi connectivity index (χ1v) is 4.68. The Balaban J connectivity index is 3.24. The molecule has 2 N–H and O–H groups in total. The lowest BCUT2D eigenvalue weighted by Crippen LogP contribution is -2.09. The number of halogens is 2. The van der Waals surface area contributed by atoms with Gasteiger partial charge in [0.25, 0.3) is 0 Å². The third-order valence-electron chi connectivity index (χ3n) is 2.07. The van der Waals surface area contributed by atoms with E-state index in [0.29, 0.717) is 11.1 Å². The number of hydrogen-bond donors (Lipinski definition) is 2. The lowest BCUT2D eigenvalue weighted by molar-refractivity contribution is 0.161. The fourth-order valence-electron chi connectivity index (χ4n) is 1.17. The summed E-state index contributed by atoms with van der Waals surface area (Å²) in [4.78, 5) is 0. The first-order valence-electron chi connectivity index (χ1n) is 3.89. The predicted molar refractivity (Wildman–Crippen MR) is 52.2 cm³/mol. The van der Waals surface area contributed by atoms with Gasteiger partial charge >= 0.3 is 0 Å². The van der Waals surface area contributed by atoms with Gasteiger partial charge in [0.1, 0.15) is 5.82 Å². The van der Waals surface area contributed by atoms with E-state index in [9.17, 15) is 4.39 Å². The predicted octanol–water partition coefficient (Wildman–Crippen LogP) is 2.68. The Morgan fingerprint density at radius 2 is 2.08 bits per heavy atom. The quantitative estimate of drug-likeness (QED) is 0.788. The molecule has 1 rings (SSSR count). The molecule has 0 aliphatic carbocycles. The Morgan fingerprint density at radius 1 is 1.46 bits per heavy atom. The number of hydrogen-bond acceptors (Lipinski definition) is 2. The van der Waals surface area contributed by atoms with E-state index in [1.807, 2.05) is 5.48 Å². The second-order valence-electron chi connectivity index (χ2n) is 2.92. The monoisotopic (exact) mass is 247 g/mol. The number of rotatable bonds is 2. The second kappa shape index (κ2) is 4.17. The molecule has 1 aromatic carbocycles. The van der Waals surface area contributed by atoms with Gasteiger partial charge in [-0.05, 0) is 36.6 Å². The highest BCUT2D eigenvalue weighted by atomic mass is 79.9. The summed E-state index contributed by atoms with van der Waals surface area (Å²) in [5.41, 5.74) is 3.93. The van der Waals surface area contributed by atoms with Crippen LogP contribution in [-0.2, 0) is 6.54 Å². The summed E-state index contributed by atoms with van der Waals surface area (Å²) >= 11 is 3.25. The van der Waals surface area contributed by atoms with Gasteiger partial charge in [0.15, 0.2) is 0 Å². The maximum atomic E-state index is 13.4. The molecule has 0 fully saturated rings. The largest absolute Gasteiger partial charge is 0.316 e. The molecular formula is C9H11BrFNO. The van der Waals surface area contributed by atoms with Gasteiger partial charge in [-0.15, -0.1) is 0 Å². The van der Waals surface area contributed by atoms with E-state index in [4.69, 9.17) is 5.21 Å². The van der Waals surface area contributed by atoms with Crippen LogP contribution in [0.2, 0.25) is 0 Å². The highest BCUT2D eigenvalue weighted by Gasteiger charge is 2.10. The van der Waals surface area contributed by atoms with E-state index >= 15 is 0 Å². The minimum Gasteiger partial charge on any atom is -0.316 e. The van der Waals surface area contributed by atoms with Gasteiger partial charge in [-0.1, -0.05) is 15.9 Å². The molecule has 0 saturated heterocycles. The average Bonchev–Trinajstić information content (AvgIpc) is 2.11. The number of hydroxylamine groups is 1. The van der Waals surface area contributed by atoms with Crippen molar-refractivity contribution in [2.24, 2.45) is 0 Å². The molecule has 0 atom stereocenters. The third kappa shape index (κ3) is 2.07. The average molecular weight is 248 g/mol. The summed E-state index contributed by atoms with van der Waals surface area (Å²) in [6.07, 6.45) is 0. The molecule has 4 heteroatoms. The SMILES string of the molecule is Cc1c(Br)cc(CNO)c(C)c1F. The van der Waals surface area contributed by atoms with Crippen molar-refractivity contribution in [2.45, 2.75) is 20.4 Å². The topological polar surface area (TPSA) is 32.3 Å². The second-order valence-corrected chi connectivity index (χ2v) is 3.77. The zero-order valence-electron chi connectivity index (χ0n) is 7.49. The smallest absolute Gasteiger partial charge is 0.130 e. The Labute approximate surface area is 84.9 Å². The van der Waals surface area contributed by atoms with Crippen LogP contribution < -0.4 is 5.48 Å². The molecule has 0 aliphatic heterocycles. The van der Waals surface area contributed by atoms with E-state index in [1.165, 1.54) is 0 Å². The van der Waals surface area contributed by atoms with Crippen molar-refractivity contribution in [3.8, 4) is 0 Å². The van der Waals surface area contributed by atoms with Crippen LogP contribution in [0.3, 0.4) is 0 Å². The van der Waals surface area contributed by atoms with Crippen molar-refractivity contribution in [1.82, 2.24) is 5.48 Å². The maximum Gasteiger partial charge on any atom is 0.130 e. The van der Waals surface area contributed by atoms with Gasteiger partial charge in [-0.25, -0.2) is 9.87 Å². The normalized spacial score (nSPS) is 10.5. The first kappa shape index (κ1) is 10.6. The highest BCUT2D eigenvalue weighted by Crippen LogP contribution is 2.24. The van der Waals surface area contributed by atoms with E-state index in [2.05, 4.69) is 15.9 Å². The summed E-state index contributed by atoms with van der Waals surface area (Å²) in [5.74, 6) is -0.223. The Bertz CT molecular complexity index is 328. The van der Waals surface area contributed by atoms with Crippen LogP contribution in [0.1, 0.15) is 16.7 Å².